The van der Waals surface area contributed by atoms with E-state index in [0.29, 0.717) is 5.56 Å². The molecule has 0 saturated carbocycles. The summed E-state index contributed by atoms with van der Waals surface area (Å²) in [4.78, 5) is 19.7. The van der Waals surface area contributed by atoms with Gasteiger partial charge in [-0.15, -0.1) is 0 Å². The lowest BCUT2D eigenvalue weighted by molar-refractivity contribution is -0.140. The van der Waals surface area contributed by atoms with E-state index in [4.69, 9.17) is 19.3 Å². The van der Waals surface area contributed by atoms with Crippen molar-refractivity contribution in [2.75, 3.05) is 20.8 Å². The van der Waals surface area contributed by atoms with Crippen LogP contribution in [0.25, 0.3) is 17.2 Å². The lowest BCUT2D eigenvalue weighted by Gasteiger charge is -2.17. The highest BCUT2D eigenvalue weighted by Gasteiger charge is 2.21. The van der Waals surface area contributed by atoms with Crippen LogP contribution < -0.4 is 19.5 Å². The maximum absolute atomic E-state index is 11.2. The molecule has 1 aromatic heterocycles. The van der Waals surface area contributed by atoms with Gasteiger partial charge in [0.1, 0.15) is 12.6 Å². The van der Waals surface area contributed by atoms with Crippen molar-refractivity contribution in [3.05, 3.63) is 71.8 Å². The molecule has 0 bridgehead atoms. The van der Waals surface area contributed by atoms with E-state index < -0.39 is 18.6 Å². The standard InChI is InChI=1S/C25H27N3O6/c1-4-18-17(11-8-12-19(18)16-9-6-5-7-10-16)15-34-25-27-22(32-2)20(23(28-25)33-3)13-26-21(14-29)24(30)31/h4-12,21,26,29H,1,13-15H2,2-3H3,(H,30,31). The number of aliphatic hydroxyl groups excluding tert-OH is 1. The van der Waals surface area contributed by atoms with Crippen LogP contribution in [0.15, 0.2) is 55.1 Å². The highest BCUT2D eigenvalue weighted by atomic mass is 16.5. The van der Waals surface area contributed by atoms with Gasteiger partial charge in [-0.1, -0.05) is 61.2 Å². The lowest BCUT2D eigenvalue weighted by Crippen LogP contribution is -2.39. The number of carbonyl (C=O) groups is 1. The minimum atomic E-state index is -1.18. The first-order valence-corrected chi connectivity index (χ1v) is 10.5. The number of carboxylic acid groups (broad SMARTS) is 1. The van der Waals surface area contributed by atoms with Gasteiger partial charge >= 0.3 is 12.0 Å². The van der Waals surface area contributed by atoms with Gasteiger partial charge in [0.25, 0.3) is 0 Å². The fourth-order valence-corrected chi connectivity index (χ4v) is 3.43. The van der Waals surface area contributed by atoms with Gasteiger partial charge in [0.2, 0.25) is 11.8 Å². The Kier molecular flexibility index (Phi) is 8.55. The molecule has 9 heteroatoms. The molecule has 0 radical (unpaired) electrons. The molecule has 0 aliphatic carbocycles. The first-order valence-electron chi connectivity index (χ1n) is 10.5. The Hall–Kier alpha value is -3.95. The quantitative estimate of drug-likeness (QED) is 0.370. The number of hydrogen-bond donors (Lipinski definition) is 3. The van der Waals surface area contributed by atoms with E-state index in [1.54, 1.807) is 6.08 Å². The van der Waals surface area contributed by atoms with E-state index >= 15 is 0 Å². The number of aliphatic hydroxyl groups is 1. The molecule has 0 fully saturated rings. The molecule has 3 aromatic rings. The van der Waals surface area contributed by atoms with E-state index in [2.05, 4.69) is 21.9 Å². The molecule has 0 spiro atoms. The number of rotatable bonds is 12. The maximum atomic E-state index is 11.2. The normalized spacial score (nSPS) is 11.5. The molecule has 178 valence electrons. The average molecular weight is 466 g/mol. The molecule has 0 aliphatic rings. The second kappa shape index (κ2) is 11.8. The SMILES string of the molecule is C=Cc1c(COc2nc(OC)c(CNC(CO)C(=O)O)c(OC)n2)cccc1-c1ccccc1. The molecular formula is C25H27N3O6. The van der Waals surface area contributed by atoms with Crippen LogP contribution in [0.3, 0.4) is 0 Å². The zero-order valence-corrected chi connectivity index (χ0v) is 19.0. The number of nitrogens with one attached hydrogen (secondary N) is 1. The Morgan fingerprint density at radius 1 is 1.09 bits per heavy atom. The van der Waals surface area contributed by atoms with E-state index in [-0.39, 0.29) is 30.9 Å². The van der Waals surface area contributed by atoms with E-state index in [1.807, 2.05) is 48.5 Å². The Labute approximate surface area is 197 Å². The number of aliphatic carboxylic acids is 1. The van der Waals surface area contributed by atoms with Crippen LogP contribution in [0.4, 0.5) is 0 Å². The van der Waals surface area contributed by atoms with E-state index in [9.17, 15) is 9.90 Å². The minimum Gasteiger partial charge on any atom is -0.481 e. The van der Waals surface area contributed by atoms with Crippen LogP contribution in [-0.4, -0.2) is 53.0 Å². The van der Waals surface area contributed by atoms with Gasteiger partial charge in [-0.2, -0.15) is 9.97 Å². The predicted molar refractivity (Wildman–Crippen MR) is 127 cm³/mol. The number of methoxy groups -OCH3 is 2. The molecule has 0 aliphatic heterocycles. The molecule has 1 atom stereocenters. The number of ether oxygens (including phenoxy) is 3. The van der Waals surface area contributed by atoms with Crippen LogP contribution in [-0.2, 0) is 17.9 Å². The van der Waals surface area contributed by atoms with Crippen molar-refractivity contribution in [3.63, 3.8) is 0 Å². The van der Waals surface area contributed by atoms with Crippen molar-refractivity contribution in [2.45, 2.75) is 19.2 Å². The lowest BCUT2D eigenvalue weighted by atomic mass is 9.96. The van der Waals surface area contributed by atoms with Crippen LogP contribution in [0.5, 0.6) is 17.8 Å². The first kappa shape index (κ1) is 24.7. The van der Waals surface area contributed by atoms with E-state index in [1.165, 1.54) is 14.2 Å². The molecule has 0 amide bonds. The summed E-state index contributed by atoms with van der Waals surface area (Å²) in [5, 5.41) is 21.0. The second-order valence-corrected chi connectivity index (χ2v) is 7.19. The summed E-state index contributed by atoms with van der Waals surface area (Å²) in [6.07, 6.45) is 1.79. The van der Waals surface area contributed by atoms with Gasteiger partial charge < -0.3 is 24.4 Å². The van der Waals surface area contributed by atoms with Crippen LogP contribution in [0.2, 0.25) is 0 Å². The molecular weight excluding hydrogens is 438 g/mol. The third-order valence-corrected chi connectivity index (χ3v) is 5.15. The largest absolute Gasteiger partial charge is 0.481 e. The summed E-state index contributed by atoms with van der Waals surface area (Å²) >= 11 is 0. The Bertz CT molecular complexity index is 1110. The smallest absolute Gasteiger partial charge is 0.323 e. The average Bonchev–Trinajstić information content (AvgIpc) is 2.87. The van der Waals surface area contributed by atoms with Crippen molar-refractivity contribution in [1.29, 1.82) is 0 Å². The molecule has 9 nitrogen and oxygen atoms in total. The van der Waals surface area contributed by atoms with Gasteiger partial charge in [0.15, 0.2) is 0 Å². The minimum absolute atomic E-state index is 0.00386. The summed E-state index contributed by atoms with van der Waals surface area (Å²) in [5.74, 6) is -0.853. The summed E-state index contributed by atoms with van der Waals surface area (Å²) in [5.41, 5.74) is 4.34. The number of carboxylic acids is 1. The van der Waals surface area contributed by atoms with Crippen LogP contribution in [0.1, 0.15) is 16.7 Å². The van der Waals surface area contributed by atoms with Crippen molar-refractivity contribution in [2.24, 2.45) is 0 Å². The van der Waals surface area contributed by atoms with Crippen molar-refractivity contribution in [1.82, 2.24) is 15.3 Å². The zero-order chi connectivity index (χ0) is 24.5. The van der Waals surface area contributed by atoms with Crippen LogP contribution >= 0.6 is 0 Å². The Morgan fingerprint density at radius 3 is 2.32 bits per heavy atom. The molecule has 3 rings (SSSR count). The van der Waals surface area contributed by atoms with Gasteiger partial charge in [-0.3, -0.25) is 10.1 Å². The number of benzene rings is 2. The second-order valence-electron chi connectivity index (χ2n) is 7.19. The molecule has 0 saturated heterocycles. The fraction of sp³-hybridized carbons (Fsp3) is 0.240. The first-order chi connectivity index (χ1) is 16.5. The molecule has 3 N–H and O–H groups in total. The molecule has 2 aromatic carbocycles. The summed E-state index contributed by atoms with van der Waals surface area (Å²) in [6, 6.07) is 14.8. The predicted octanol–water partition coefficient (Wildman–Crippen LogP) is 2.92. The van der Waals surface area contributed by atoms with Gasteiger partial charge in [0.05, 0.1) is 26.4 Å². The monoisotopic (exact) mass is 465 g/mol. The Morgan fingerprint density at radius 2 is 1.76 bits per heavy atom. The van der Waals surface area contributed by atoms with Gasteiger partial charge in [-0.25, -0.2) is 0 Å². The van der Waals surface area contributed by atoms with Crippen molar-refractivity contribution >= 4 is 12.0 Å². The topological polar surface area (TPSA) is 123 Å². The van der Waals surface area contributed by atoms with Gasteiger partial charge in [-0.05, 0) is 22.3 Å². The maximum Gasteiger partial charge on any atom is 0.323 e. The van der Waals surface area contributed by atoms with E-state index in [0.717, 1.165) is 22.3 Å². The van der Waals surface area contributed by atoms with Crippen molar-refractivity contribution < 1.29 is 29.2 Å². The number of aromatic nitrogens is 2. The number of nitrogens with zero attached hydrogens (tertiary/aromatic N) is 2. The third kappa shape index (κ3) is 5.69. The zero-order valence-electron chi connectivity index (χ0n) is 19.0. The fourth-order valence-electron chi connectivity index (χ4n) is 3.43. The van der Waals surface area contributed by atoms with Crippen LogP contribution in [0, 0.1) is 0 Å². The van der Waals surface area contributed by atoms with Crippen molar-refractivity contribution in [3.8, 4) is 28.9 Å². The third-order valence-electron chi connectivity index (χ3n) is 5.15. The summed E-state index contributed by atoms with van der Waals surface area (Å²) in [7, 11) is 2.85. The Balaban J connectivity index is 1.84. The number of hydrogen-bond acceptors (Lipinski definition) is 8. The summed E-state index contributed by atoms with van der Waals surface area (Å²) < 4.78 is 16.6. The van der Waals surface area contributed by atoms with Gasteiger partial charge in [0, 0.05) is 6.54 Å². The molecule has 1 unspecified atom stereocenters. The highest BCUT2D eigenvalue weighted by Crippen LogP contribution is 2.30. The molecule has 1 heterocycles. The highest BCUT2D eigenvalue weighted by molar-refractivity contribution is 5.76. The molecule has 34 heavy (non-hydrogen) atoms. The summed E-state index contributed by atoms with van der Waals surface area (Å²) in [6.45, 7) is 3.57.